The lowest BCUT2D eigenvalue weighted by Gasteiger charge is -2.39. The molecule has 0 saturated carbocycles. The lowest BCUT2D eigenvalue weighted by molar-refractivity contribution is 0.0117. The molecule has 1 fully saturated rings. The number of piperidine rings is 1. The van der Waals surface area contributed by atoms with Gasteiger partial charge in [-0.3, -0.25) is 15.4 Å². The van der Waals surface area contributed by atoms with Crippen LogP contribution in [0.3, 0.4) is 0 Å². The second-order valence-corrected chi connectivity index (χ2v) is 10.3. The zero-order valence-electron chi connectivity index (χ0n) is 21.4. The highest BCUT2D eigenvalue weighted by Gasteiger charge is 2.38. The highest BCUT2D eigenvalue weighted by atomic mass is 19.1. The van der Waals surface area contributed by atoms with Gasteiger partial charge in [-0.05, 0) is 57.9 Å². The number of hydrazine groups is 2. The van der Waals surface area contributed by atoms with Crippen LogP contribution in [0.15, 0.2) is 65.1 Å². The maximum Gasteiger partial charge on any atom is 0.410 e. The van der Waals surface area contributed by atoms with Gasteiger partial charge in [0.1, 0.15) is 46.5 Å². The van der Waals surface area contributed by atoms with E-state index in [1.807, 2.05) is 37.9 Å². The van der Waals surface area contributed by atoms with E-state index in [1.165, 1.54) is 11.3 Å². The van der Waals surface area contributed by atoms with E-state index in [2.05, 4.69) is 10.4 Å². The molecule has 0 aromatic heterocycles. The summed E-state index contributed by atoms with van der Waals surface area (Å²) < 4.78 is 38.3. The molecule has 1 amide bonds. The number of rotatable bonds is 4. The molecule has 0 unspecified atom stereocenters. The molecular formula is C27H30F2N6O3. The van der Waals surface area contributed by atoms with Gasteiger partial charge < -0.3 is 14.4 Å². The van der Waals surface area contributed by atoms with Crippen LogP contribution in [0.1, 0.15) is 39.2 Å². The van der Waals surface area contributed by atoms with Gasteiger partial charge >= 0.3 is 6.09 Å². The van der Waals surface area contributed by atoms with Crippen LogP contribution in [0.4, 0.5) is 13.6 Å². The average Bonchev–Trinajstić information content (AvgIpc) is 3.24. The number of nitrogens with one attached hydrogen (secondary N) is 1. The lowest BCUT2D eigenvalue weighted by Crippen LogP contribution is -2.52. The fourth-order valence-corrected chi connectivity index (χ4v) is 4.65. The van der Waals surface area contributed by atoms with Gasteiger partial charge in [-0.1, -0.05) is 0 Å². The summed E-state index contributed by atoms with van der Waals surface area (Å²) in [4.78, 5) is 18.7. The van der Waals surface area contributed by atoms with Crippen molar-refractivity contribution in [1.82, 2.24) is 20.3 Å². The number of hydrogen-bond donors (Lipinski definition) is 2. The summed E-state index contributed by atoms with van der Waals surface area (Å²) in [5.74, 6) is 5.34. The molecule has 9 nitrogen and oxygen atoms in total. The molecule has 38 heavy (non-hydrogen) atoms. The first-order valence-electron chi connectivity index (χ1n) is 12.4. The van der Waals surface area contributed by atoms with E-state index in [-0.39, 0.29) is 17.9 Å². The maximum absolute atomic E-state index is 13.5. The van der Waals surface area contributed by atoms with Crippen molar-refractivity contribution in [2.45, 2.75) is 45.3 Å². The highest BCUT2D eigenvalue weighted by molar-refractivity contribution is 5.78. The molecule has 5 rings (SSSR count). The number of nitrogens with zero attached hydrogens (tertiary/aromatic N) is 4. The normalized spacial score (nSPS) is 19.3. The van der Waals surface area contributed by atoms with Gasteiger partial charge in [0, 0.05) is 36.9 Å². The molecule has 3 heterocycles. The number of aliphatic imine (C=N–C) groups is 1. The van der Waals surface area contributed by atoms with E-state index in [1.54, 1.807) is 23.2 Å². The van der Waals surface area contributed by atoms with Crippen molar-refractivity contribution < 1.29 is 23.0 Å². The van der Waals surface area contributed by atoms with Crippen LogP contribution in [0.25, 0.3) is 5.70 Å². The second-order valence-electron chi connectivity index (χ2n) is 10.3. The molecule has 0 spiro atoms. The Balaban J connectivity index is 1.36. The van der Waals surface area contributed by atoms with E-state index in [0.717, 1.165) is 53.7 Å². The minimum atomic E-state index is -0.715. The number of halogens is 2. The molecule has 0 bridgehead atoms. The monoisotopic (exact) mass is 524 g/mol. The highest BCUT2D eigenvalue weighted by Crippen LogP contribution is 2.37. The molecule has 200 valence electrons. The maximum atomic E-state index is 13.5. The zero-order chi connectivity index (χ0) is 27.0. The van der Waals surface area contributed by atoms with Crippen molar-refractivity contribution in [2.24, 2.45) is 10.8 Å². The molecule has 3 aliphatic heterocycles. The number of likely N-dealkylation sites (tertiary alicyclic amines) is 1. The van der Waals surface area contributed by atoms with E-state index >= 15 is 0 Å². The minimum absolute atomic E-state index is 0.0396. The SMILES string of the molecule is CC(C)(C)OC(=O)N1CCC[C@@H](N2NC(c3ccc(Oc4cc(F)cc(F)c4)cc3)=C3C2=CN=CN3N)C1. The first-order valence-corrected chi connectivity index (χ1v) is 12.4. The first-order chi connectivity index (χ1) is 18.1. The second kappa shape index (κ2) is 9.97. The zero-order valence-corrected chi connectivity index (χ0v) is 21.4. The van der Waals surface area contributed by atoms with Crippen LogP contribution in [-0.4, -0.2) is 52.1 Å². The van der Waals surface area contributed by atoms with Crippen molar-refractivity contribution in [3.63, 3.8) is 0 Å². The van der Waals surface area contributed by atoms with Crippen LogP contribution in [0, 0.1) is 11.6 Å². The Morgan fingerprint density at radius 1 is 1.11 bits per heavy atom. The molecule has 3 N–H and O–H groups in total. The average molecular weight is 525 g/mol. The molecule has 1 atom stereocenters. The fraction of sp³-hybridized carbons (Fsp3) is 0.333. The summed E-state index contributed by atoms with van der Waals surface area (Å²) in [7, 11) is 0. The summed E-state index contributed by atoms with van der Waals surface area (Å²) >= 11 is 0. The Hall–Kier alpha value is -4.12. The Morgan fingerprint density at radius 3 is 2.50 bits per heavy atom. The van der Waals surface area contributed by atoms with Crippen molar-refractivity contribution in [3.05, 3.63) is 77.3 Å². The van der Waals surface area contributed by atoms with Gasteiger partial charge in [-0.25, -0.2) is 24.4 Å². The standard InChI is InChI=1S/C27H30F2N6O3/c1-27(2,3)38-26(36)33-10-4-5-20(15-33)35-23-14-31-16-34(30)25(23)24(32-35)17-6-8-21(9-7-17)37-22-12-18(28)11-19(29)13-22/h6-9,11-14,16,20,32H,4-5,10,15,30H2,1-3H3/t20-/m1/s1. The summed E-state index contributed by atoms with van der Waals surface area (Å²) in [5.41, 5.74) is 5.98. The van der Waals surface area contributed by atoms with Gasteiger partial charge in [-0.2, -0.15) is 0 Å². The Kier molecular flexibility index (Phi) is 6.70. The Morgan fingerprint density at radius 2 is 1.82 bits per heavy atom. The third kappa shape index (κ3) is 5.42. The smallest absolute Gasteiger partial charge is 0.410 e. The van der Waals surface area contributed by atoms with Crippen LogP contribution in [-0.2, 0) is 4.74 Å². The quantitative estimate of drug-likeness (QED) is 0.560. The minimum Gasteiger partial charge on any atom is -0.457 e. The Labute approximate surface area is 219 Å². The fourth-order valence-electron chi connectivity index (χ4n) is 4.65. The molecule has 3 aliphatic rings. The number of benzene rings is 2. The van der Waals surface area contributed by atoms with Gasteiger partial charge in [0.2, 0.25) is 0 Å². The molecule has 1 saturated heterocycles. The van der Waals surface area contributed by atoms with E-state index < -0.39 is 17.2 Å². The van der Waals surface area contributed by atoms with Crippen molar-refractivity contribution in [3.8, 4) is 11.5 Å². The predicted molar refractivity (Wildman–Crippen MR) is 138 cm³/mol. The molecule has 11 heteroatoms. The van der Waals surface area contributed by atoms with Crippen molar-refractivity contribution >= 4 is 18.1 Å². The number of ether oxygens (including phenoxy) is 2. The van der Waals surface area contributed by atoms with Gasteiger partial charge in [0.25, 0.3) is 0 Å². The topological polar surface area (TPSA) is 95.7 Å². The number of carbonyl (C=O) groups is 1. The third-order valence-electron chi connectivity index (χ3n) is 6.25. The molecular weight excluding hydrogens is 494 g/mol. The summed E-state index contributed by atoms with van der Waals surface area (Å²) in [5, 5.41) is 3.45. The number of fused-ring (bicyclic) bond motifs is 1. The summed E-state index contributed by atoms with van der Waals surface area (Å²) in [6.45, 7) is 6.66. The number of nitrogens with two attached hydrogens (primary N) is 1. The Bertz CT molecular complexity index is 1300. The third-order valence-corrected chi connectivity index (χ3v) is 6.25. The lowest BCUT2D eigenvalue weighted by atomic mass is 10.0. The predicted octanol–water partition coefficient (Wildman–Crippen LogP) is 4.70. The van der Waals surface area contributed by atoms with Crippen LogP contribution < -0.4 is 16.0 Å². The number of carbonyl (C=O) groups excluding carboxylic acids is 1. The van der Waals surface area contributed by atoms with Crippen molar-refractivity contribution in [1.29, 1.82) is 0 Å². The van der Waals surface area contributed by atoms with Crippen LogP contribution >= 0.6 is 0 Å². The van der Waals surface area contributed by atoms with E-state index in [4.69, 9.17) is 15.3 Å². The summed E-state index contributed by atoms with van der Waals surface area (Å²) in [6.07, 6.45) is 4.60. The number of hydrogen-bond acceptors (Lipinski definition) is 8. The van der Waals surface area contributed by atoms with Gasteiger partial charge in [0.05, 0.1) is 17.9 Å². The van der Waals surface area contributed by atoms with Crippen LogP contribution in [0.5, 0.6) is 11.5 Å². The van der Waals surface area contributed by atoms with Crippen LogP contribution in [0.2, 0.25) is 0 Å². The van der Waals surface area contributed by atoms with Crippen molar-refractivity contribution in [2.75, 3.05) is 13.1 Å². The first kappa shape index (κ1) is 25.5. The number of amides is 1. The van der Waals surface area contributed by atoms with E-state index in [9.17, 15) is 13.6 Å². The van der Waals surface area contributed by atoms with Gasteiger partial charge in [-0.15, -0.1) is 0 Å². The largest absolute Gasteiger partial charge is 0.457 e. The molecule has 0 radical (unpaired) electrons. The van der Waals surface area contributed by atoms with E-state index in [0.29, 0.717) is 18.8 Å². The summed E-state index contributed by atoms with van der Waals surface area (Å²) in [6, 6.07) is 10.1. The molecule has 2 aromatic carbocycles. The molecule has 2 aromatic rings. The molecule has 0 aliphatic carbocycles. The van der Waals surface area contributed by atoms with Gasteiger partial charge in [0.15, 0.2) is 0 Å².